The summed E-state index contributed by atoms with van der Waals surface area (Å²) >= 11 is 13.7. The van der Waals surface area contributed by atoms with E-state index in [0.29, 0.717) is 27.5 Å². The minimum absolute atomic E-state index is 0.209. The Kier molecular flexibility index (Phi) is 7.35. The van der Waals surface area contributed by atoms with Gasteiger partial charge in [-0.3, -0.25) is 9.59 Å². The van der Waals surface area contributed by atoms with Gasteiger partial charge >= 0.3 is 0 Å². The lowest BCUT2D eigenvalue weighted by atomic mass is 10.2. The fourth-order valence-corrected chi connectivity index (χ4v) is 4.83. The molecule has 28 heavy (non-hydrogen) atoms. The van der Waals surface area contributed by atoms with Gasteiger partial charge in [-0.25, -0.2) is 0 Å². The first-order valence-electron chi connectivity index (χ1n) is 7.96. The second-order valence-corrected chi connectivity index (χ2v) is 9.38. The van der Waals surface area contributed by atoms with Gasteiger partial charge in [-0.05, 0) is 116 Å². The molecule has 142 valence electrons. The van der Waals surface area contributed by atoms with Crippen LogP contribution in [0.1, 0.15) is 20.7 Å². The van der Waals surface area contributed by atoms with E-state index in [4.69, 9.17) is 11.6 Å². The first-order valence-corrected chi connectivity index (χ1v) is 11.3. The quantitative estimate of drug-likeness (QED) is 0.235. The molecule has 3 rings (SSSR count). The van der Waals surface area contributed by atoms with Crippen molar-refractivity contribution in [2.75, 3.05) is 10.6 Å². The van der Waals surface area contributed by atoms with Gasteiger partial charge in [0.15, 0.2) is 0 Å². The number of halogens is 4. The van der Waals surface area contributed by atoms with E-state index < -0.39 is 0 Å². The fraction of sp³-hybridized carbons (Fsp3) is 0. The zero-order chi connectivity index (χ0) is 20.3. The molecule has 0 spiro atoms. The number of benzene rings is 3. The number of carbonyl (C=O) groups is 2. The summed E-state index contributed by atoms with van der Waals surface area (Å²) in [5.41, 5.74) is 2.29. The average Bonchev–Trinajstić information content (AvgIpc) is 2.66. The predicted octanol–water partition coefficient (Wildman–Crippen LogP) is 6.82. The van der Waals surface area contributed by atoms with Crippen LogP contribution in [0, 0.1) is 7.14 Å². The van der Waals surface area contributed by atoms with E-state index in [1.165, 1.54) is 0 Å². The normalized spacial score (nSPS) is 10.4. The van der Waals surface area contributed by atoms with Crippen LogP contribution < -0.4 is 10.6 Å². The van der Waals surface area contributed by atoms with Gasteiger partial charge < -0.3 is 10.6 Å². The average molecular weight is 681 g/mol. The fourth-order valence-electron chi connectivity index (χ4n) is 2.39. The summed E-state index contributed by atoms with van der Waals surface area (Å²) in [4.78, 5) is 24.9. The number of hydrogen-bond donors (Lipinski definition) is 2. The third-order valence-corrected chi connectivity index (χ3v) is 7.03. The molecule has 0 bridgehead atoms. The maximum Gasteiger partial charge on any atom is 0.256 e. The van der Waals surface area contributed by atoms with Crippen LogP contribution in [0.3, 0.4) is 0 Å². The number of hydrogen-bond acceptors (Lipinski definition) is 2. The standard InChI is InChI=1S/C20H12BrClI2N2O2/c21-18-16(9-13(23)10-17(18)24)20(28)26-15-6-4-14(5-7-15)25-19(27)11-2-1-3-12(22)8-11/h1-10H,(H,25,27)(H,26,28). The Hall–Kier alpha value is -1.17. The molecule has 3 aromatic carbocycles. The molecule has 0 unspecified atom stereocenters. The molecule has 3 aromatic rings. The van der Waals surface area contributed by atoms with E-state index in [1.807, 2.05) is 12.1 Å². The van der Waals surface area contributed by atoms with Gasteiger partial charge in [0.05, 0.1) is 5.56 Å². The van der Waals surface area contributed by atoms with Crippen LogP contribution in [-0.2, 0) is 0 Å². The second-order valence-electron chi connectivity index (χ2n) is 5.75. The Bertz CT molecular complexity index is 1060. The van der Waals surface area contributed by atoms with Crippen LogP contribution in [-0.4, -0.2) is 11.8 Å². The summed E-state index contributed by atoms with van der Waals surface area (Å²) in [5.74, 6) is -0.462. The van der Waals surface area contributed by atoms with Gasteiger partial charge in [0.1, 0.15) is 0 Å². The van der Waals surface area contributed by atoms with E-state index in [9.17, 15) is 9.59 Å². The minimum Gasteiger partial charge on any atom is -0.322 e. The van der Waals surface area contributed by atoms with Crippen molar-refractivity contribution in [1.82, 2.24) is 0 Å². The minimum atomic E-state index is -0.253. The van der Waals surface area contributed by atoms with Gasteiger partial charge in [-0.15, -0.1) is 0 Å². The maximum atomic E-state index is 12.6. The van der Waals surface area contributed by atoms with Crippen LogP contribution in [0.15, 0.2) is 65.1 Å². The molecule has 2 N–H and O–H groups in total. The molecule has 4 nitrogen and oxygen atoms in total. The highest BCUT2D eigenvalue weighted by Gasteiger charge is 2.14. The lowest BCUT2D eigenvalue weighted by molar-refractivity contribution is 0.101. The Morgan fingerprint density at radius 3 is 2.07 bits per heavy atom. The molecular formula is C20H12BrClI2N2O2. The van der Waals surface area contributed by atoms with Crippen LogP contribution >= 0.6 is 72.7 Å². The summed E-state index contributed by atoms with van der Waals surface area (Å²) in [6.07, 6.45) is 0. The van der Waals surface area contributed by atoms with Crippen molar-refractivity contribution in [3.8, 4) is 0 Å². The Labute approximate surface area is 202 Å². The molecule has 0 atom stereocenters. The van der Waals surface area contributed by atoms with Crippen molar-refractivity contribution in [2.45, 2.75) is 0 Å². The largest absolute Gasteiger partial charge is 0.322 e. The topological polar surface area (TPSA) is 58.2 Å². The third-order valence-electron chi connectivity index (χ3n) is 3.73. The molecule has 0 radical (unpaired) electrons. The molecule has 0 saturated carbocycles. The molecule has 0 aliphatic carbocycles. The number of anilines is 2. The van der Waals surface area contributed by atoms with Crippen LogP contribution in [0.4, 0.5) is 11.4 Å². The Morgan fingerprint density at radius 1 is 0.857 bits per heavy atom. The first-order chi connectivity index (χ1) is 13.3. The highest BCUT2D eigenvalue weighted by atomic mass is 127. The molecule has 0 aliphatic heterocycles. The predicted molar refractivity (Wildman–Crippen MR) is 133 cm³/mol. The number of carbonyl (C=O) groups excluding carboxylic acids is 2. The van der Waals surface area contributed by atoms with Gasteiger partial charge in [0, 0.05) is 33.6 Å². The Morgan fingerprint density at radius 2 is 1.46 bits per heavy atom. The number of amides is 2. The van der Waals surface area contributed by atoms with E-state index >= 15 is 0 Å². The smallest absolute Gasteiger partial charge is 0.256 e. The van der Waals surface area contributed by atoms with Gasteiger partial charge in [0.25, 0.3) is 11.8 Å². The summed E-state index contributed by atoms with van der Waals surface area (Å²) in [6.45, 7) is 0. The van der Waals surface area contributed by atoms with Crippen molar-refractivity contribution < 1.29 is 9.59 Å². The number of nitrogens with one attached hydrogen (secondary N) is 2. The van der Waals surface area contributed by atoms with Crippen molar-refractivity contribution >= 4 is 95.9 Å². The van der Waals surface area contributed by atoms with Crippen molar-refractivity contribution in [1.29, 1.82) is 0 Å². The van der Waals surface area contributed by atoms with E-state index in [1.54, 1.807) is 48.5 Å². The summed E-state index contributed by atoms with van der Waals surface area (Å²) in [6, 6.07) is 17.5. The van der Waals surface area contributed by atoms with Crippen LogP contribution in [0.25, 0.3) is 0 Å². The SMILES string of the molecule is O=C(Nc1ccc(NC(=O)c2cc(I)cc(I)c2Br)cc1)c1cccc(Cl)c1. The lowest BCUT2D eigenvalue weighted by Gasteiger charge is -2.10. The molecule has 0 aromatic heterocycles. The van der Waals surface area contributed by atoms with Crippen molar-refractivity contribution in [2.24, 2.45) is 0 Å². The molecule has 0 heterocycles. The molecule has 0 saturated heterocycles. The van der Waals surface area contributed by atoms with Gasteiger partial charge in [-0.1, -0.05) is 17.7 Å². The third kappa shape index (κ3) is 5.46. The van der Waals surface area contributed by atoms with E-state index in [0.717, 1.165) is 11.6 Å². The monoisotopic (exact) mass is 680 g/mol. The Balaban J connectivity index is 1.69. The highest BCUT2D eigenvalue weighted by Crippen LogP contribution is 2.27. The molecule has 0 fully saturated rings. The highest BCUT2D eigenvalue weighted by molar-refractivity contribution is 14.1. The zero-order valence-corrected chi connectivity index (χ0v) is 20.8. The van der Waals surface area contributed by atoms with Crippen LogP contribution in [0.2, 0.25) is 5.02 Å². The van der Waals surface area contributed by atoms with E-state index in [-0.39, 0.29) is 11.8 Å². The van der Waals surface area contributed by atoms with Gasteiger partial charge in [0.2, 0.25) is 0 Å². The van der Waals surface area contributed by atoms with Crippen molar-refractivity contribution in [3.05, 3.63) is 88.4 Å². The number of rotatable bonds is 4. The molecule has 8 heteroatoms. The summed E-state index contributed by atoms with van der Waals surface area (Å²) in [7, 11) is 0. The van der Waals surface area contributed by atoms with Crippen molar-refractivity contribution in [3.63, 3.8) is 0 Å². The summed E-state index contributed by atoms with van der Waals surface area (Å²) in [5, 5.41) is 6.17. The molecule has 0 aliphatic rings. The molecular weight excluding hydrogens is 669 g/mol. The second kappa shape index (κ2) is 9.55. The summed E-state index contributed by atoms with van der Waals surface area (Å²) < 4.78 is 2.71. The molecule has 2 amide bonds. The van der Waals surface area contributed by atoms with Crippen LogP contribution in [0.5, 0.6) is 0 Å². The van der Waals surface area contributed by atoms with E-state index in [2.05, 4.69) is 71.7 Å². The maximum absolute atomic E-state index is 12.6. The van der Waals surface area contributed by atoms with Gasteiger partial charge in [-0.2, -0.15) is 0 Å². The first kappa shape index (κ1) is 21.5. The lowest BCUT2D eigenvalue weighted by Crippen LogP contribution is -2.14. The zero-order valence-electron chi connectivity index (χ0n) is 14.1.